The van der Waals surface area contributed by atoms with Gasteiger partial charge in [0.05, 0.1) is 21.7 Å². The largest absolute Gasteiger partial charge is 0.478 e. The summed E-state index contributed by atoms with van der Waals surface area (Å²) in [5, 5.41) is 9.00. The number of furan rings is 1. The molecule has 1 fully saturated rings. The van der Waals surface area contributed by atoms with E-state index in [1.807, 2.05) is 0 Å². The van der Waals surface area contributed by atoms with Gasteiger partial charge in [-0.05, 0) is 42.5 Å². The first-order valence-electron chi connectivity index (χ1n) is 9.03. The molecule has 1 N–H and O–H groups in total. The lowest BCUT2D eigenvalue weighted by Gasteiger charge is -2.14. The van der Waals surface area contributed by atoms with Crippen molar-refractivity contribution in [2.45, 2.75) is 6.18 Å². The molecule has 4 rings (SSSR count). The maximum absolute atomic E-state index is 13.3. The Morgan fingerprint density at radius 1 is 1.06 bits per heavy atom. The number of carboxylic acids is 1. The molecule has 0 aliphatic carbocycles. The van der Waals surface area contributed by atoms with Gasteiger partial charge in [-0.1, -0.05) is 42.2 Å². The third-order valence-electron chi connectivity index (χ3n) is 4.56. The van der Waals surface area contributed by atoms with Gasteiger partial charge in [0.2, 0.25) is 0 Å². The van der Waals surface area contributed by atoms with Crippen LogP contribution >= 0.6 is 24.0 Å². The van der Waals surface area contributed by atoms with Crippen LogP contribution in [-0.2, 0) is 11.0 Å². The average molecular weight is 475 g/mol. The smallest absolute Gasteiger partial charge is 0.417 e. The number of hydrogen-bond acceptors (Lipinski definition) is 5. The molecule has 0 saturated carbocycles. The van der Waals surface area contributed by atoms with Gasteiger partial charge in [-0.3, -0.25) is 9.69 Å². The number of alkyl halides is 3. The van der Waals surface area contributed by atoms with E-state index in [2.05, 4.69) is 0 Å². The fourth-order valence-corrected chi connectivity index (χ4v) is 4.37. The number of anilines is 1. The third kappa shape index (κ3) is 4.19. The molecule has 0 atom stereocenters. The van der Waals surface area contributed by atoms with E-state index in [0.717, 1.165) is 17.8 Å². The van der Waals surface area contributed by atoms with Crippen molar-refractivity contribution < 1.29 is 32.3 Å². The van der Waals surface area contributed by atoms with Crippen molar-refractivity contribution in [2.75, 3.05) is 4.90 Å². The quantitative estimate of drug-likeness (QED) is 0.365. The molecule has 1 aromatic heterocycles. The Kier molecular flexibility index (Phi) is 5.66. The van der Waals surface area contributed by atoms with Gasteiger partial charge in [-0.2, -0.15) is 13.2 Å². The summed E-state index contributed by atoms with van der Waals surface area (Å²) in [4.78, 5) is 25.3. The third-order valence-corrected chi connectivity index (χ3v) is 5.87. The minimum Gasteiger partial charge on any atom is -0.478 e. The molecule has 0 unspecified atom stereocenters. The molecule has 0 spiro atoms. The minimum atomic E-state index is -4.54. The Labute approximate surface area is 189 Å². The highest BCUT2D eigenvalue weighted by Crippen LogP contribution is 2.39. The van der Waals surface area contributed by atoms with Crippen LogP contribution in [0.1, 0.15) is 21.7 Å². The van der Waals surface area contributed by atoms with Gasteiger partial charge in [0.15, 0.2) is 4.32 Å². The average Bonchev–Trinajstić information content (AvgIpc) is 3.32. The topological polar surface area (TPSA) is 70.8 Å². The molecule has 0 bridgehead atoms. The first-order valence-corrected chi connectivity index (χ1v) is 10.3. The zero-order valence-corrected chi connectivity index (χ0v) is 17.6. The van der Waals surface area contributed by atoms with Crippen LogP contribution in [0.25, 0.3) is 17.4 Å². The van der Waals surface area contributed by atoms with Gasteiger partial charge in [0.25, 0.3) is 5.91 Å². The predicted molar refractivity (Wildman–Crippen MR) is 118 cm³/mol. The van der Waals surface area contributed by atoms with Crippen LogP contribution in [0.3, 0.4) is 0 Å². The second-order valence-corrected chi connectivity index (χ2v) is 8.29. The van der Waals surface area contributed by atoms with Crippen molar-refractivity contribution in [1.29, 1.82) is 0 Å². The highest BCUT2D eigenvalue weighted by atomic mass is 32.2. The van der Waals surface area contributed by atoms with E-state index in [0.29, 0.717) is 5.69 Å². The molecule has 3 aromatic rings. The molecule has 2 aromatic carbocycles. The number of carbonyl (C=O) groups excluding carboxylic acids is 1. The SMILES string of the molecule is O=C(O)c1ccc(N2C(=O)C(=Cc3ccc(-c4ccccc4C(F)(F)F)o3)SC2=S)cc1. The monoisotopic (exact) mass is 475 g/mol. The molecule has 2 heterocycles. The number of carbonyl (C=O) groups is 2. The van der Waals surface area contributed by atoms with Gasteiger partial charge in [-0.25, -0.2) is 4.79 Å². The summed E-state index contributed by atoms with van der Waals surface area (Å²) in [6, 6.07) is 13.6. The lowest BCUT2D eigenvalue weighted by molar-refractivity contribution is -0.137. The van der Waals surface area contributed by atoms with E-state index in [4.69, 9.17) is 21.7 Å². The molecule has 1 amide bonds. The molecule has 162 valence electrons. The number of thiocarbonyl (C=S) groups is 1. The number of amides is 1. The Balaban J connectivity index is 1.61. The Morgan fingerprint density at radius 2 is 1.75 bits per heavy atom. The summed E-state index contributed by atoms with van der Waals surface area (Å²) in [7, 11) is 0. The summed E-state index contributed by atoms with van der Waals surface area (Å²) >= 11 is 6.28. The number of halogens is 3. The summed E-state index contributed by atoms with van der Waals surface area (Å²) in [6.07, 6.45) is -3.13. The highest BCUT2D eigenvalue weighted by Gasteiger charge is 2.35. The highest BCUT2D eigenvalue weighted by molar-refractivity contribution is 8.27. The summed E-state index contributed by atoms with van der Waals surface area (Å²) in [6.45, 7) is 0. The van der Waals surface area contributed by atoms with Crippen molar-refractivity contribution in [1.82, 2.24) is 0 Å². The molecule has 1 aliphatic rings. The van der Waals surface area contributed by atoms with Gasteiger partial charge in [0.1, 0.15) is 11.5 Å². The second-order valence-electron chi connectivity index (χ2n) is 6.61. The molecule has 5 nitrogen and oxygen atoms in total. The van der Waals surface area contributed by atoms with Crippen LogP contribution in [0.4, 0.5) is 18.9 Å². The van der Waals surface area contributed by atoms with Crippen LogP contribution < -0.4 is 4.90 Å². The van der Waals surface area contributed by atoms with Gasteiger partial charge in [-0.15, -0.1) is 0 Å². The molecule has 1 aliphatic heterocycles. The van der Waals surface area contributed by atoms with Crippen molar-refractivity contribution >= 4 is 51.9 Å². The first kappa shape index (κ1) is 21.8. The van der Waals surface area contributed by atoms with Crippen molar-refractivity contribution in [3.05, 3.63) is 82.5 Å². The van der Waals surface area contributed by atoms with Gasteiger partial charge < -0.3 is 9.52 Å². The lowest BCUT2D eigenvalue weighted by Crippen LogP contribution is -2.27. The Morgan fingerprint density at radius 3 is 2.41 bits per heavy atom. The summed E-state index contributed by atoms with van der Waals surface area (Å²) < 4.78 is 45.6. The second kappa shape index (κ2) is 8.29. The number of thioether (sulfide) groups is 1. The van der Waals surface area contributed by atoms with Crippen LogP contribution in [0, 0.1) is 0 Å². The number of nitrogens with zero attached hydrogens (tertiary/aromatic N) is 1. The van der Waals surface area contributed by atoms with Crippen LogP contribution in [0.5, 0.6) is 0 Å². The maximum atomic E-state index is 13.3. The first-order chi connectivity index (χ1) is 15.1. The fraction of sp³-hybridized carbons (Fsp3) is 0.0455. The number of carboxylic acid groups (broad SMARTS) is 1. The van der Waals surface area contributed by atoms with Gasteiger partial charge in [0, 0.05) is 11.6 Å². The molecular weight excluding hydrogens is 463 g/mol. The maximum Gasteiger partial charge on any atom is 0.417 e. The van der Waals surface area contributed by atoms with Gasteiger partial charge >= 0.3 is 12.1 Å². The number of rotatable bonds is 4. The van der Waals surface area contributed by atoms with E-state index in [1.165, 1.54) is 65.6 Å². The van der Waals surface area contributed by atoms with Crippen molar-refractivity contribution in [2.24, 2.45) is 0 Å². The predicted octanol–water partition coefficient (Wildman–Crippen LogP) is 6.07. The normalized spacial score (nSPS) is 15.6. The summed E-state index contributed by atoms with van der Waals surface area (Å²) in [5.74, 6) is -1.33. The number of aromatic carboxylic acids is 1. The van der Waals surface area contributed by atoms with Crippen LogP contribution in [-0.4, -0.2) is 21.3 Å². The van der Waals surface area contributed by atoms with Crippen LogP contribution in [0.15, 0.2) is 70.0 Å². The van der Waals surface area contributed by atoms with Crippen molar-refractivity contribution in [3.8, 4) is 11.3 Å². The molecular formula is C22H12F3NO4S2. The summed E-state index contributed by atoms with van der Waals surface area (Å²) in [5.41, 5.74) is -0.458. The lowest BCUT2D eigenvalue weighted by atomic mass is 10.1. The molecule has 32 heavy (non-hydrogen) atoms. The number of benzene rings is 2. The molecule has 10 heteroatoms. The molecule has 1 saturated heterocycles. The molecule has 0 radical (unpaired) electrons. The Bertz CT molecular complexity index is 1260. The van der Waals surface area contributed by atoms with E-state index >= 15 is 0 Å². The van der Waals surface area contributed by atoms with E-state index in [-0.39, 0.29) is 31.9 Å². The van der Waals surface area contributed by atoms with E-state index in [1.54, 1.807) is 0 Å². The minimum absolute atomic E-state index is 0.0175. The van der Waals surface area contributed by atoms with Crippen LogP contribution in [0.2, 0.25) is 0 Å². The fourth-order valence-electron chi connectivity index (χ4n) is 3.09. The Hall–Kier alpha value is -3.37. The number of hydrogen-bond donors (Lipinski definition) is 1. The standard InChI is InChI=1S/C22H12F3NO4S2/c23-22(24,25)16-4-2-1-3-15(16)17-10-9-14(30-17)11-18-19(27)26(21(31)32-18)13-7-5-12(6-8-13)20(28)29/h1-11H,(H,28,29). The van der Waals surface area contributed by atoms with E-state index in [9.17, 15) is 22.8 Å². The zero-order valence-electron chi connectivity index (χ0n) is 15.9. The van der Waals surface area contributed by atoms with E-state index < -0.39 is 23.6 Å². The van der Waals surface area contributed by atoms with Crippen molar-refractivity contribution in [3.63, 3.8) is 0 Å². The zero-order chi connectivity index (χ0) is 23.0.